The quantitative estimate of drug-likeness (QED) is 0.656. The Morgan fingerprint density at radius 1 is 1.10 bits per heavy atom. The molecule has 2 aromatic rings. The van der Waals surface area contributed by atoms with Gasteiger partial charge in [-0.3, -0.25) is 9.59 Å². The van der Waals surface area contributed by atoms with Crippen LogP contribution in [-0.2, 0) is 14.8 Å². The van der Waals surface area contributed by atoms with E-state index in [1.165, 1.54) is 40.6 Å². The lowest BCUT2D eigenvalue weighted by atomic mass is 10.2. The lowest BCUT2D eigenvalue weighted by molar-refractivity contribution is -0.134. The van der Waals surface area contributed by atoms with Gasteiger partial charge in [-0.05, 0) is 30.3 Å². The number of amides is 2. The number of nitrogens with zero attached hydrogens (tertiary/aromatic N) is 2. The molecule has 0 saturated carbocycles. The van der Waals surface area contributed by atoms with E-state index in [0.29, 0.717) is 5.75 Å². The van der Waals surface area contributed by atoms with Crippen molar-refractivity contribution in [3.8, 4) is 11.5 Å². The van der Waals surface area contributed by atoms with Gasteiger partial charge in [0.25, 0.3) is 11.8 Å². The highest BCUT2D eigenvalue weighted by atomic mass is 35.5. The van der Waals surface area contributed by atoms with Crippen molar-refractivity contribution in [3.63, 3.8) is 0 Å². The molecule has 0 unspecified atom stereocenters. The Kier molecular flexibility index (Phi) is 7.04. The summed E-state index contributed by atoms with van der Waals surface area (Å²) in [5, 5.41) is 0.152. The van der Waals surface area contributed by atoms with Gasteiger partial charge in [0.2, 0.25) is 10.0 Å². The maximum Gasteiger partial charge on any atom is 0.260 e. The minimum Gasteiger partial charge on any atom is -0.497 e. The van der Waals surface area contributed by atoms with E-state index in [0.717, 1.165) is 0 Å². The molecule has 1 fully saturated rings. The number of hydrogen-bond acceptors (Lipinski definition) is 6. The number of methoxy groups -OCH3 is 1. The zero-order valence-corrected chi connectivity index (χ0v) is 18.4. The molecule has 1 aliphatic heterocycles. The number of carbonyl (C=O) groups is 2. The first-order valence-corrected chi connectivity index (χ1v) is 11.2. The van der Waals surface area contributed by atoms with Gasteiger partial charge >= 0.3 is 0 Å². The third-order valence-electron chi connectivity index (χ3n) is 4.85. The number of sulfonamides is 1. The Morgan fingerprint density at radius 3 is 2.39 bits per heavy atom. The highest BCUT2D eigenvalue weighted by Gasteiger charge is 2.31. The van der Waals surface area contributed by atoms with Gasteiger partial charge in [-0.25, -0.2) is 8.42 Å². The van der Waals surface area contributed by atoms with Crippen LogP contribution in [0.25, 0.3) is 0 Å². The highest BCUT2D eigenvalue weighted by molar-refractivity contribution is 7.89. The fraction of sp³-hybridized carbons (Fsp3) is 0.300. The van der Waals surface area contributed by atoms with Crippen LogP contribution in [-0.4, -0.2) is 69.3 Å². The number of primary amides is 1. The molecule has 0 atom stereocenters. The van der Waals surface area contributed by atoms with Crippen LogP contribution in [0, 0.1) is 0 Å². The summed E-state index contributed by atoms with van der Waals surface area (Å²) in [5.74, 6) is -0.439. The van der Waals surface area contributed by atoms with Gasteiger partial charge in [0.1, 0.15) is 16.4 Å². The molecule has 0 aromatic heterocycles. The lowest BCUT2D eigenvalue weighted by Crippen LogP contribution is -2.51. The average molecular weight is 468 g/mol. The Balaban J connectivity index is 1.60. The van der Waals surface area contributed by atoms with Gasteiger partial charge in [-0.1, -0.05) is 23.7 Å². The van der Waals surface area contributed by atoms with E-state index in [4.69, 9.17) is 26.8 Å². The molecule has 0 spiro atoms. The number of ether oxygens (including phenoxy) is 2. The first-order valence-electron chi connectivity index (χ1n) is 9.37. The van der Waals surface area contributed by atoms with E-state index >= 15 is 0 Å². The summed E-state index contributed by atoms with van der Waals surface area (Å²) in [7, 11) is -2.30. The second-order valence-corrected chi connectivity index (χ2v) is 9.04. The van der Waals surface area contributed by atoms with Crippen LogP contribution in [0.2, 0.25) is 5.02 Å². The van der Waals surface area contributed by atoms with E-state index < -0.39 is 15.9 Å². The molecule has 2 amide bonds. The first-order chi connectivity index (χ1) is 14.7. The van der Waals surface area contributed by atoms with Gasteiger partial charge < -0.3 is 20.1 Å². The number of nitrogens with two attached hydrogens (primary N) is 1. The van der Waals surface area contributed by atoms with Crippen LogP contribution in [0.15, 0.2) is 47.4 Å². The molecule has 9 nitrogen and oxygen atoms in total. The fourth-order valence-corrected chi connectivity index (χ4v) is 5.07. The van der Waals surface area contributed by atoms with E-state index in [9.17, 15) is 18.0 Å². The molecule has 2 aromatic carbocycles. The normalized spacial score (nSPS) is 14.8. The van der Waals surface area contributed by atoms with Crippen molar-refractivity contribution in [1.82, 2.24) is 9.21 Å². The van der Waals surface area contributed by atoms with Gasteiger partial charge in [0.15, 0.2) is 6.61 Å². The van der Waals surface area contributed by atoms with Crippen LogP contribution >= 0.6 is 11.6 Å². The molecule has 1 heterocycles. The van der Waals surface area contributed by atoms with Crippen molar-refractivity contribution < 1.29 is 27.5 Å². The van der Waals surface area contributed by atoms with E-state index in [1.54, 1.807) is 18.2 Å². The van der Waals surface area contributed by atoms with Crippen LogP contribution in [0.5, 0.6) is 11.5 Å². The van der Waals surface area contributed by atoms with Crippen LogP contribution in [0.3, 0.4) is 0 Å². The van der Waals surface area contributed by atoms with Gasteiger partial charge in [-0.2, -0.15) is 4.31 Å². The number of benzene rings is 2. The summed E-state index contributed by atoms with van der Waals surface area (Å²) in [6.07, 6.45) is 0. The average Bonchev–Trinajstić information content (AvgIpc) is 2.77. The topological polar surface area (TPSA) is 119 Å². The Morgan fingerprint density at radius 2 is 1.77 bits per heavy atom. The predicted octanol–water partition coefficient (Wildman–Crippen LogP) is 1.36. The second-order valence-electron chi connectivity index (χ2n) is 6.73. The molecule has 0 aliphatic carbocycles. The SMILES string of the molecule is COc1ccc(OCC(=O)N2CCN(S(=O)(=O)c3ccccc3Cl)CC2)c(C(N)=O)c1. The summed E-state index contributed by atoms with van der Waals surface area (Å²) < 4.78 is 37.5. The molecule has 0 bridgehead atoms. The molecule has 11 heteroatoms. The molecule has 1 saturated heterocycles. The van der Waals surface area contributed by atoms with E-state index in [-0.39, 0.29) is 59.9 Å². The predicted molar refractivity (Wildman–Crippen MR) is 114 cm³/mol. The molecule has 2 N–H and O–H groups in total. The van der Waals surface area contributed by atoms with Gasteiger partial charge in [-0.15, -0.1) is 0 Å². The molecular formula is C20H22ClN3O6S. The fourth-order valence-electron chi connectivity index (χ4n) is 3.16. The van der Waals surface area contributed by atoms with Gasteiger partial charge in [0.05, 0.1) is 17.7 Å². The molecule has 166 valence electrons. The summed E-state index contributed by atoms with van der Waals surface area (Å²) in [4.78, 5) is 25.7. The van der Waals surface area contributed by atoms with Crippen molar-refractivity contribution in [2.24, 2.45) is 5.73 Å². The standard InChI is InChI=1S/C20H22ClN3O6S/c1-29-14-6-7-17(15(12-14)20(22)26)30-13-19(25)23-8-10-24(11-9-23)31(27,28)18-5-3-2-4-16(18)21/h2-7,12H,8-11,13H2,1H3,(H2,22,26). The van der Waals surface area contributed by atoms with Crippen LogP contribution in [0.4, 0.5) is 0 Å². The number of hydrogen-bond donors (Lipinski definition) is 1. The molecule has 0 radical (unpaired) electrons. The molecule has 3 rings (SSSR count). The summed E-state index contributed by atoms with van der Waals surface area (Å²) >= 11 is 6.03. The highest BCUT2D eigenvalue weighted by Crippen LogP contribution is 2.26. The van der Waals surface area contributed by atoms with E-state index in [1.807, 2.05) is 0 Å². The maximum atomic E-state index is 12.8. The Labute approximate surface area is 185 Å². The number of rotatable bonds is 7. The monoisotopic (exact) mass is 467 g/mol. The zero-order valence-electron chi connectivity index (χ0n) is 16.8. The number of halogens is 1. The number of carbonyl (C=O) groups excluding carboxylic acids is 2. The Bertz CT molecular complexity index is 1080. The third kappa shape index (κ3) is 5.09. The summed E-state index contributed by atoms with van der Waals surface area (Å²) in [6, 6.07) is 10.8. The molecule has 1 aliphatic rings. The first kappa shape index (κ1) is 22.9. The van der Waals surface area contributed by atoms with Crippen molar-refractivity contribution in [1.29, 1.82) is 0 Å². The second kappa shape index (κ2) is 9.54. The largest absolute Gasteiger partial charge is 0.497 e. The van der Waals surface area contributed by atoms with E-state index in [2.05, 4.69) is 0 Å². The lowest BCUT2D eigenvalue weighted by Gasteiger charge is -2.34. The van der Waals surface area contributed by atoms with Crippen molar-refractivity contribution >= 4 is 33.4 Å². The molecule has 31 heavy (non-hydrogen) atoms. The maximum absolute atomic E-state index is 12.8. The van der Waals surface area contributed by atoms with Gasteiger partial charge in [0, 0.05) is 26.2 Å². The number of piperazine rings is 1. The Hall–Kier alpha value is -2.82. The minimum atomic E-state index is -3.75. The minimum absolute atomic E-state index is 0.0401. The smallest absolute Gasteiger partial charge is 0.260 e. The van der Waals surface area contributed by atoms with Crippen molar-refractivity contribution in [2.75, 3.05) is 39.9 Å². The summed E-state index contributed by atoms with van der Waals surface area (Å²) in [6.45, 7) is 0.362. The zero-order chi connectivity index (χ0) is 22.6. The summed E-state index contributed by atoms with van der Waals surface area (Å²) in [5.41, 5.74) is 5.46. The van der Waals surface area contributed by atoms with Crippen LogP contribution in [0.1, 0.15) is 10.4 Å². The molecular weight excluding hydrogens is 446 g/mol. The van der Waals surface area contributed by atoms with Crippen molar-refractivity contribution in [3.05, 3.63) is 53.1 Å². The van der Waals surface area contributed by atoms with Crippen LogP contribution < -0.4 is 15.2 Å². The third-order valence-corrected chi connectivity index (χ3v) is 7.25. The van der Waals surface area contributed by atoms with Crippen molar-refractivity contribution in [2.45, 2.75) is 4.90 Å².